The van der Waals surface area contributed by atoms with Crippen LogP contribution in [0.2, 0.25) is 19.6 Å². The molecule has 57 heavy (non-hydrogen) atoms. The molecule has 0 saturated heterocycles. The molecule has 0 fully saturated rings. The zero-order valence-corrected chi connectivity index (χ0v) is 35.4. The van der Waals surface area contributed by atoms with Crippen molar-refractivity contribution in [3.05, 3.63) is 168 Å². The smallest absolute Gasteiger partial charge is 0.133 e. The summed E-state index contributed by atoms with van der Waals surface area (Å²) in [7, 11) is -1.61. The molecular formula is C49H41F2IrN3OSi-2. The van der Waals surface area contributed by atoms with Crippen LogP contribution < -0.4 is 5.19 Å². The second-order valence-corrected chi connectivity index (χ2v) is 20.0. The molecule has 3 aromatic heterocycles. The number of rotatable bonds is 6. The summed E-state index contributed by atoms with van der Waals surface area (Å²) in [5.41, 5.74) is 7.73. The maximum Gasteiger partial charge on any atom is 0.133 e. The standard InChI is InChI=1S/C31H17F2N2O.C18H24NSi.Ir/c32-24-12-7-13-25(33)29(24)19-16-17-21-22-10-6-11-23(30(22)36-28(21)18-19)31-34-26-14-4-5-15-27(26)35(31)20-8-2-1-3-9-20;1-13(2)16-11-17(15-9-7-14(3)8-10-15)19-12-18(16)20(4,5)6;/h1-10,12-18H;7-9,11-13H,1-6H3;/q2*-1;/i;3D3,13D;. The van der Waals surface area contributed by atoms with Crippen LogP contribution in [-0.2, 0) is 20.1 Å². The first kappa shape index (κ1) is 34.7. The fraction of sp³-hybridized carbons (Fsp3) is 0.143. The number of hydrogen-bond acceptors (Lipinski definition) is 3. The molecule has 0 saturated carbocycles. The molecule has 4 nitrogen and oxygen atoms in total. The Morgan fingerprint density at radius 1 is 0.825 bits per heavy atom. The van der Waals surface area contributed by atoms with E-state index in [0.717, 1.165) is 44.3 Å². The minimum atomic E-state index is -2.13. The Labute approximate surface area is 352 Å². The molecule has 0 aliphatic rings. The van der Waals surface area contributed by atoms with E-state index in [1.807, 2.05) is 98.9 Å². The molecular weight excluding hydrogens is 905 g/mol. The van der Waals surface area contributed by atoms with Crippen LogP contribution in [0.4, 0.5) is 8.78 Å². The first-order chi connectivity index (χ1) is 28.5. The number of benzene rings is 6. The molecule has 6 aromatic carbocycles. The summed E-state index contributed by atoms with van der Waals surface area (Å²) in [6, 6.07) is 44.0. The van der Waals surface area contributed by atoms with E-state index in [2.05, 4.69) is 41.3 Å². The van der Waals surface area contributed by atoms with E-state index in [-0.39, 0.29) is 31.2 Å². The van der Waals surface area contributed by atoms with Gasteiger partial charge in [0.25, 0.3) is 0 Å². The number of aromatic nitrogens is 3. The van der Waals surface area contributed by atoms with E-state index >= 15 is 0 Å². The van der Waals surface area contributed by atoms with Crippen molar-refractivity contribution in [2.24, 2.45) is 0 Å². The van der Waals surface area contributed by atoms with Crippen molar-refractivity contribution in [2.75, 3.05) is 0 Å². The van der Waals surface area contributed by atoms with Gasteiger partial charge in [0.2, 0.25) is 0 Å². The van der Waals surface area contributed by atoms with Gasteiger partial charge in [-0.05, 0) is 64.8 Å². The van der Waals surface area contributed by atoms with Crippen LogP contribution in [0.5, 0.6) is 0 Å². The summed E-state index contributed by atoms with van der Waals surface area (Å²) in [4.78, 5) is 9.50. The second kappa shape index (κ2) is 16.1. The number of nitrogens with zero attached hydrogens (tertiary/aromatic N) is 3. The van der Waals surface area contributed by atoms with Gasteiger partial charge >= 0.3 is 0 Å². The van der Waals surface area contributed by atoms with Crippen LogP contribution in [0.15, 0.2) is 138 Å². The Morgan fingerprint density at radius 3 is 2.28 bits per heavy atom. The number of pyridine rings is 1. The minimum Gasteiger partial charge on any atom is -0.501 e. The number of furan rings is 1. The van der Waals surface area contributed by atoms with Gasteiger partial charge in [-0.1, -0.05) is 111 Å². The SMILES string of the molecule is Fc1cccc(F)c1-c1ccc2c(c1)oc1c(-c3nc4ccccc4n3-c3ccccc3)[c-]ccc12.[2H]C([2H])([2H])c1c[c-]c(-c2cc(C([2H])(C)C)c([Si](C)(C)C)cn2)cc1.[Ir]. The summed E-state index contributed by atoms with van der Waals surface area (Å²) in [6.07, 6.45) is 1.89. The summed E-state index contributed by atoms with van der Waals surface area (Å²) in [5.74, 6) is -1.24. The van der Waals surface area contributed by atoms with Gasteiger partial charge in [0.05, 0.1) is 36.1 Å². The maximum atomic E-state index is 14.4. The maximum absolute atomic E-state index is 14.4. The van der Waals surface area contributed by atoms with Gasteiger partial charge in [0, 0.05) is 42.9 Å². The average molecular weight is 950 g/mol. The van der Waals surface area contributed by atoms with E-state index in [4.69, 9.17) is 14.9 Å². The van der Waals surface area contributed by atoms with E-state index in [1.165, 1.54) is 29.5 Å². The fourth-order valence-electron chi connectivity index (χ4n) is 7.07. The Bertz CT molecular complexity index is 3010. The first-order valence-electron chi connectivity index (χ1n) is 20.4. The molecule has 287 valence electrons. The average Bonchev–Trinajstić information content (AvgIpc) is 3.79. The molecule has 0 N–H and O–H groups in total. The van der Waals surface area contributed by atoms with Crippen molar-refractivity contribution >= 4 is 46.2 Å². The van der Waals surface area contributed by atoms with E-state index < -0.39 is 32.5 Å². The molecule has 0 aliphatic heterocycles. The van der Waals surface area contributed by atoms with E-state index in [9.17, 15) is 8.78 Å². The molecule has 0 atom stereocenters. The molecule has 0 amide bonds. The van der Waals surface area contributed by atoms with Crippen LogP contribution in [0, 0.1) is 30.6 Å². The molecule has 9 aromatic rings. The summed E-state index contributed by atoms with van der Waals surface area (Å²) >= 11 is 0. The van der Waals surface area contributed by atoms with Gasteiger partial charge in [-0.25, -0.2) is 8.78 Å². The third kappa shape index (κ3) is 7.78. The van der Waals surface area contributed by atoms with Gasteiger partial charge in [-0.15, -0.1) is 53.6 Å². The number of para-hydroxylation sites is 3. The van der Waals surface area contributed by atoms with Crippen molar-refractivity contribution in [1.82, 2.24) is 14.5 Å². The van der Waals surface area contributed by atoms with Crippen molar-refractivity contribution in [1.29, 1.82) is 0 Å². The van der Waals surface area contributed by atoms with E-state index in [1.54, 1.807) is 24.3 Å². The van der Waals surface area contributed by atoms with Gasteiger partial charge in [-0.3, -0.25) is 4.98 Å². The molecule has 1 radical (unpaired) electrons. The van der Waals surface area contributed by atoms with Gasteiger partial charge in [0.15, 0.2) is 0 Å². The molecule has 8 heteroatoms. The molecule has 0 aliphatic carbocycles. The largest absolute Gasteiger partial charge is 0.501 e. The summed E-state index contributed by atoms with van der Waals surface area (Å²) in [6.45, 7) is 8.38. The Morgan fingerprint density at radius 2 is 1.58 bits per heavy atom. The van der Waals surface area contributed by atoms with Crippen molar-refractivity contribution < 1.29 is 38.8 Å². The number of imidazole rings is 1. The quantitative estimate of drug-likeness (QED) is 0.123. The predicted octanol–water partition coefficient (Wildman–Crippen LogP) is 12.9. The van der Waals surface area contributed by atoms with Crippen LogP contribution in [-0.4, -0.2) is 22.6 Å². The topological polar surface area (TPSA) is 43.9 Å². The summed E-state index contributed by atoms with van der Waals surface area (Å²) in [5, 5.41) is 2.92. The van der Waals surface area contributed by atoms with Crippen molar-refractivity contribution in [3.8, 4) is 39.5 Å². The summed E-state index contributed by atoms with van der Waals surface area (Å²) < 4.78 is 68.1. The normalized spacial score (nSPS) is 13.0. The molecule has 0 spiro atoms. The van der Waals surface area contributed by atoms with Gasteiger partial charge in [-0.2, -0.15) is 0 Å². The number of fused-ring (bicyclic) bond motifs is 4. The van der Waals surface area contributed by atoms with Crippen LogP contribution >= 0.6 is 0 Å². The van der Waals surface area contributed by atoms with Crippen molar-refractivity contribution in [3.63, 3.8) is 0 Å². The monoisotopic (exact) mass is 950 g/mol. The predicted molar refractivity (Wildman–Crippen MR) is 228 cm³/mol. The van der Waals surface area contributed by atoms with Gasteiger partial charge < -0.3 is 14.0 Å². The molecule has 0 bridgehead atoms. The number of aryl methyl sites for hydroxylation is 1. The fourth-order valence-corrected chi connectivity index (χ4v) is 8.65. The Hall–Kier alpha value is -5.53. The number of hydrogen-bond donors (Lipinski definition) is 0. The Kier molecular flexibility index (Phi) is 9.82. The van der Waals surface area contributed by atoms with Crippen LogP contribution in [0.25, 0.3) is 72.4 Å². The third-order valence-electron chi connectivity index (χ3n) is 9.82. The zero-order chi connectivity index (χ0) is 42.6. The zero-order valence-electron chi connectivity index (χ0n) is 36.0. The second-order valence-electron chi connectivity index (χ2n) is 15.0. The van der Waals surface area contributed by atoms with Crippen molar-refractivity contribution in [2.45, 2.75) is 46.2 Å². The molecule has 3 heterocycles. The first-order valence-corrected chi connectivity index (χ1v) is 21.9. The van der Waals surface area contributed by atoms with Gasteiger partial charge in [0.1, 0.15) is 17.2 Å². The van der Waals surface area contributed by atoms with E-state index in [0.29, 0.717) is 28.1 Å². The minimum absolute atomic E-state index is 0. The van der Waals surface area contributed by atoms with Crippen LogP contribution in [0.3, 0.4) is 0 Å². The van der Waals surface area contributed by atoms with Crippen LogP contribution in [0.1, 0.15) is 36.4 Å². The number of halogens is 2. The third-order valence-corrected chi connectivity index (χ3v) is 11.8. The molecule has 0 unspecified atom stereocenters. The Balaban J connectivity index is 0.000000197. The molecule has 9 rings (SSSR count).